The Bertz CT molecular complexity index is 912. The standard InChI is InChI=1S/C26H30OSi2/c1-6-28(3,4)27-26(23-17-11-8-12-18-23,24-19-13-9-14-20-24)29(5,7-2)25-21-15-10-16-22-25/h6-22H,1-2H2,3-5H3. The molecule has 1 unspecified atom stereocenters. The first-order valence-corrected chi connectivity index (χ1v) is 15.6. The monoisotopic (exact) mass is 414 g/mol. The molecule has 0 radical (unpaired) electrons. The maximum absolute atomic E-state index is 7.27. The van der Waals surface area contributed by atoms with Gasteiger partial charge in [-0.3, -0.25) is 0 Å². The summed E-state index contributed by atoms with van der Waals surface area (Å²) in [5.74, 6) is 0. The summed E-state index contributed by atoms with van der Waals surface area (Å²) in [5.41, 5.74) is 6.55. The Balaban J connectivity index is 2.44. The molecule has 1 nitrogen and oxygen atoms in total. The van der Waals surface area contributed by atoms with Crippen molar-refractivity contribution in [1.29, 1.82) is 0 Å². The fraction of sp³-hybridized carbons (Fsp3) is 0.154. The minimum atomic E-state index is -2.46. The van der Waals surface area contributed by atoms with Crippen LogP contribution in [0.25, 0.3) is 0 Å². The van der Waals surface area contributed by atoms with Gasteiger partial charge in [0.05, 0.1) is 0 Å². The van der Waals surface area contributed by atoms with E-state index in [0.717, 1.165) is 0 Å². The molecule has 3 heteroatoms. The SMILES string of the molecule is C=C[Si](C)(C)OC(c1ccccc1)(c1ccccc1)[Si](C)(C=C)c1ccccc1. The zero-order chi connectivity index (χ0) is 21.0. The van der Waals surface area contributed by atoms with Gasteiger partial charge in [0.2, 0.25) is 8.32 Å². The van der Waals surface area contributed by atoms with Crippen LogP contribution in [0.1, 0.15) is 11.1 Å². The van der Waals surface area contributed by atoms with E-state index >= 15 is 0 Å². The molecule has 0 amide bonds. The Morgan fingerprint density at radius 1 is 0.655 bits per heavy atom. The Hall–Kier alpha value is -2.47. The van der Waals surface area contributed by atoms with Gasteiger partial charge in [-0.05, 0) is 24.2 Å². The average Bonchev–Trinajstić information content (AvgIpc) is 2.78. The summed E-state index contributed by atoms with van der Waals surface area (Å²) < 4.78 is 7.27. The van der Waals surface area contributed by atoms with Crippen molar-refractivity contribution >= 4 is 21.6 Å². The van der Waals surface area contributed by atoms with Crippen molar-refractivity contribution in [1.82, 2.24) is 0 Å². The van der Waals surface area contributed by atoms with Crippen LogP contribution in [-0.2, 0) is 9.65 Å². The molecule has 0 aliphatic rings. The molecule has 29 heavy (non-hydrogen) atoms. The van der Waals surface area contributed by atoms with Crippen molar-refractivity contribution in [2.75, 3.05) is 0 Å². The molecule has 3 rings (SSSR count). The normalized spacial score (nSPS) is 14.0. The van der Waals surface area contributed by atoms with Crippen LogP contribution in [0.2, 0.25) is 19.6 Å². The van der Waals surface area contributed by atoms with E-state index in [4.69, 9.17) is 4.43 Å². The molecule has 0 aliphatic carbocycles. The predicted octanol–water partition coefficient (Wildman–Crippen LogP) is 6.13. The zero-order valence-corrected chi connectivity index (χ0v) is 19.6. The number of hydrogen-bond acceptors (Lipinski definition) is 1. The minimum Gasteiger partial charge on any atom is -0.402 e. The van der Waals surface area contributed by atoms with E-state index in [1.54, 1.807) is 0 Å². The number of benzene rings is 3. The van der Waals surface area contributed by atoms with Gasteiger partial charge in [-0.2, -0.15) is 0 Å². The summed E-state index contributed by atoms with van der Waals surface area (Å²) in [5, 5.41) is 0.694. The lowest BCUT2D eigenvalue weighted by Crippen LogP contribution is -2.65. The first-order valence-electron chi connectivity index (χ1n) is 10.0. The summed E-state index contributed by atoms with van der Waals surface area (Å²) in [6, 6.07) is 32.0. The quantitative estimate of drug-likeness (QED) is 0.403. The molecule has 0 N–H and O–H groups in total. The lowest BCUT2D eigenvalue weighted by molar-refractivity contribution is 0.184. The van der Waals surface area contributed by atoms with Gasteiger partial charge in [-0.25, -0.2) is 0 Å². The molecule has 0 aromatic heterocycles. The zero-order valence-electron chi connectivity index (χ0n) is 17.6. The molecule has 0 saturated carbocycles. The molecule has 3 aromatic carbocycles. The third-order valence-corrected chi connectivity index (χ3v) is 12.3. The van der Waals surface area contributed by atoms with Crippen molar-refractivity contribution < 1.29 is 4.43 Å². The van der Waals surface area contributed by atoms with Crippen LogP contribution in [0.15, 0.2) is 116 Å². The molecule has 0 aliphatic heterocycles. The van der Waals surface area contributed by atoms with Crippen molar-refractivity contribution in [2.45, 2.75) is 24.9 Å². The highest BCUT2D eigenvalue weighted by atomic mass is 28.4. The van der Waals surface area contributed by atoms with E-state index in [2.05, 4.69) is 129 Å². The summed E-state index contributed by atoms with van der Waals surface area (Å²) in [4.78, 5) is 0. The topological polar surface area (TPSA) is 9.23 Å². The van der Waals surface area contributed by atoms with Crippen molar-refractivity contribution in [2.24, 2.45) is 0 Å². The van der Waals surface area contributed by atoms with Crippen molar-refractivity contribution in [3.05, 3.63) is 127 Å². The Morgan fingerprint density at radius 3 is 1.45 bits per heavy atom. The van der Waals surface area contributed by atoms with E-state index in [9.17, 15) is 0 Å². The molecular weight excluding hydrogens is 384 g/mol. The second kappa shape index (κ2) is 8.50. The first-order chi connectivity index (χ1) is 13.9. The first kappa shape index (κ1) is 21.2. The molecule has 3 aromatic rings. The smallest absolute Gasteiger partial charge is 0.211 e. The van der Waals surface area contributed by atoms with E-state index in [1.807, 2.05) is 5.70 Å². The lowest BCUT2D eigenvalue weighted by Gasteiger charge is -2.50. The van der Waals surface area contributed by atoms with E-state index in [-0.39, 0.29) is 0 Å². The maximum Gasteiger partial charge on any atom is 0.211 e. The number of hydrogen-bond donors (Lipinski definition) is 0. The van der Waals surface area contributed by atoms with Gasteiger partial charge in [-0.15, -0.1) is 13.2 Å². The second-order valence-corrected chi connectivity index (χ2v) is 16.0. The summed E-state index contributed by atoms with van der Waals surface area (Å²) in [6.07, 6.45) is 0. The van der Waals surface area contributed by atoms with Crippen molar-refractivity contribution in [3.63, 3.8) is 0 Å². The molecule has 0 spiro atoms. The highest BCUT2D eigenvalue weighted by molar-refractivity contribution is 6.98. The molecule has 0 fully saturated rings. The van der Waals surface area contributed by atoms with Crippen LogP contribution in [-0.4, -0.2) is 16.4 Å². The third-order valence-electron chi connectivity index (χ3n) is 5.78. The van der Waals surface area contributed by atoms with Crippen molar-refractivity contribution in [3.8, 4) is 0 Å². The summed E-state index contributed by atoms with van der Waals surface area (Å²) in [7, 11) is -4.64. The fourth-order valence-electron chi connectivity index (χ4n) is 4.02. The Morgan fingerprint density at radius 2 is 1.07 bits per heavy atom. The molecule has 0 heterocycles. The van der Waals surface area contributed by atoms with Gasteiger partial charge in [0.25, 0.3) is 0 Å². The van der Waals surface area contributed by atoms with Crippen LogP contribution in [0.3, 0.4) is 0 Å². The molecular formula is C26H30OSi2. The van der Waals surface area contributed by atoms with E-state index < -0.39 is 21.6 Å². The van der Waals surface area contributed by atoms with Crippen LogP contribution in [0.5, 0.6) is 0 Å². The largest absolute Gasteiger partial charge is 0.402 e. The highest BCUT2D eigenvalue weighted by Crippen LogP contribution is 2.44. The van der Waals surface area contributed by atoms with E-state index in [1.165, 1.54) is 16.3 Å². The molecule has 148 valence electrons. The highest BCUT2D eigenvalue weighted by Gasteiger charge is 2.54. The third kappa shape index (κ3) is 3.86. The predicted molar refractivity (Wildman–Crippen MR) is 130 cm³/mol. The summed E-state index contributed by atoms with van der Waals surface area (Å²) in [6.45, 7) is 15.3. The Labute approximate surface area is 177 Å². The van der Waals surface area contributed by atoms with Gasteiger partial charge in [0.1, 0.15) is 5.22 Å². The molecule has 0 saturated heterocycles. The maximum atomic E-state index is 7.27. The summed E-state index contributed by atoms with van der Waals surface area (Å²) >= 11 is 0. The molecule has 0 bridgehead atoms. The van der Waals surface area contributed by atoms with Gasteiger partial charge in [-0.1, -0.05) is 114 Å². The van der Waals surface area contributed by atoms with Gasteiger partial charge in [0.15, 0.2) is 8.07 Å². The number of rotatable bonds is 8. The van der Waals surface area contributed by atoms with Gasteiger partial charge < -0.3 is 4.43 Å². The van der Waals surface area contributed by atoms with Gasteiger partial charge >= 0.3 is 0 Å². The fourth-order valence-corrected chi connectivity index (χ4v) is 10.1. The average molecular weight is 415 g/mol. The second-order valence-electron chi connectivity index (χ2n) is 8.10. The van der Waals surface area contributed by atoms with Crippen LogP contribution in [0, 0.1) is 0 Å². The lowest BCUT2D eigenvalue weighted by atomic mass is 10.0. The van der Waals surface area contributed by atoms with Crippen LogP contribution >= 0.6 is 0 Å². The molecule has 1 atom stereocenters. The minimum absolute atomic E-state index is 0.609. The van der Waals surface area contributed by atoms with Crippen LogP contribution in [0.4, 0.5) is 0 Å². The van der Waals surface area contributed by atoms with E-state index in [0.29, 0.717) is 0 Å². The Kier molecular flexibility index (Phi) is 6.22. The van der Waals surface area contributed by atoms with Crippen LogP contribution < -0.4 is 5.19 Å². The van der Waals surface area contributed by atoms with Gasteiger partial charge in [0, 0.05) is 0 Å².